The molecule has 1 N–H and O–H groups in total. The number of hydrogen-bond donors (Lipinski definition) is 1. The molecule has 0 bridgehead atoms. The number of carbonyl (C=O) groups is 2. The van der Waals surface area contributed by atoms with Gasteiger partial charge < -0.3 is 14.9 Å². The zero-order valence-electron chi connectivity index (χ0n) is 12.1. The maximum absolute atomic E-state index is 12.8. The maximum atomic E-state index is 12.8. The Morgan fingerprint density at radius 1 is 1.19 bits per heavy atom. The molecule has 1 rings (SSSR count). The van der Waals surface area contributed by atoms with Gasteiger partial charge in [-0.25, -0.2) is 4.39 Å². The molecule has 1 aromatic carbocycles. The van der Waals surface area contributed by atoms with Gasteiger partial charge >= 0.3 is 5.97 Å². The predicted octanol–water partition coefficient (Wildman–Crippen LogP) is 1.31. The lowest BCUT2D eigenvalue weighted by molar-refractivity contribution is -0.142. The van der Waals surface area contributed by atoms with E-state index in [1.54, 1.807) is 12.1 Å². The predicted molar refractivity (Wildman–Crippen MR) is 78.2 cm³/mol. The van der Waals surface area contributed by atoms with Crippen molar-refractivity contribution in [1.82, 2.24) is 9.80 Å². The van der Waals surface area contributed by atoms with Crippen LogP contribution in [0.25, 0.3) is 6.08 Å². The molecule has 0 aliphatic carbocycles. The molecule has 0 saturated heterocycles. The standard InChI is InChI=1S/C15H19FN2O3/c1-17(2)9-10-18(11-15(20)21)14(19)8-5-12-3-6-13(16)7-4-12/h3-8H,9-11H2,1-2H3,(H,20,21)/b8-5+. The number of benzene rings is 1. The fourth-order valence-electron chi connectivity index (χ4n) is 1.60. The Bertz CT molecular complexity index is 512. The fraction of sp³-hybridized carbons (Fsp3) is 0.333. The SMILES string of the molecule is CN(C)CCN(CC(=O)O)C(=O)/C=C/c1ccc(F)cc1. The summed E-state index contributed by atoms with van der Waals surface area (Å²) in [7, 11) is 3.69. The van der Waals surface area contributed by atoms with Gasteiger partial charge in [-0.05, 0) is 37.9 Å². The van der Waals surface area contributed by atoms with E-state index < -0.39 is 5.97 Å². The van der Waals surface area contributed by atoms with Crippen LogP contribution in [0.3, 0.4) is 0 Å². The Kier molecular flexibility index (Phi) is 6.55. The van der Waals surface area contributed by atoms with Gasteiger partial charge in [-0.1, -0.05) is 12.1 Å². The molecule has 0 fully saturated rings. The van der Waals surface area contributed by atoms with Crippen LogP contribution in [0.5, 0.6) is 0 Å². The van der Waals surface area contributed by atoms with E-state index in [0.29, 0.717) is 18.7 Å². The van der Waals surface area contributed by atoms with Crippen LogP contribution in [0.2, 0.25) is 0 Å². The smallest absolute Gasteiger partial charge is 0.323 e. The first-order chi connectivity index (χ1) is 9.88. The Morgan fingerprint density at radius 3 is 2.33 bits per heavy atom. The summed E-state index contributed by atoms with van der Waals surface area (Å²) in [5.41, 5.74) is 0.674. The van der Waals surface area contributed by atoms with Crippen LogP contribution in [0.15, 0.2) is 30.3 Å². The number of nitrogens with zero attached hydrogens (tertiary/aromatic N) is 2. The minimum Gasteiger partial charge on any atom is -0.480 e. The van der Waals surface area contributed by atoms with Crippen molar-refractivity contribution in [3.63, 3.8) is 0 Å². The van der Waals surface area contributed by atoms with Crippen LogP contribution in [-0.2, 0) is 9.59 Å². The molecular weight excluding hydrogens is 275 g/mol. The lowest BCUT2D eigenvalue weighted by atomic mass is 10.2. The number of carboxylic acids is 1. The van der Waals surface area contributed by atoms with Crippen molar-refractivity contribution in [3.05, 3.63) is 41.7 Å². The van der Waals surface area contributed by atoms with Gasteiger partial charge in [0.2, 0.25) is 5.91 Å². The highest BCUT2D eigenvalue weighted by atomic mass is 19.1. The largest absolute Gasteiger partial charge is 0.480 e. The molecule has 0 heterocycles. The summed E-state index contributed by atoms with van der Waals surface area (Å²) in [5, 5.41) is 8.84. The van der Waals surface area contributed by atoms with Gasteiger partial charge in [0.15, 0.2) is 0 Å². The molecule has 0 saturated carbocycles. The van der Waals surface area contributed by atoms with Gasteiger partial charge in [-0.15, -0.1) is 0 Å². The van der Waals surface area contributed by atoms with E-state index in [9.17, 15) is 14.0 Å². The van der Waals surface area contributed by atoms with Crippen molar-refractivity contribution in [1.29, 1.82) is 0 Å². The van der Waals surface area contributed by atoms with Crippen molar-refractivity contribution in [2.75, 3.05) is 33.7 Å². The Balaban J connectivity index is 2.70. The molecular formula is C15H19FN2O3. The van der Waals surface area contributed by atoms with Crippen molar-refractivity contribution in [2.24, 2.45) is 0 Å². The first-order valence-electron chi connectivity index (χ1n) is 6.47. The lowest BCUT2D eigenvalue weighted by Crippen LogP contribution is -2.39. The van der Waals surface area contributed by atoms with E-state index >= 15 is 0 Å². The number of hydrogen-bond acceptors (Lipinski definition) is 3. The van der Waals surface area contributed by atoms with Crippen LogP contribution in [0.4, 0.5) is 4.39 Å². The van der Waals surface area contributed by atoms with E-state index in [0.717, 1.165) is 0 Å². The molecule has 6 heteroatoms. The van der Waals surface area contributed by atoms with Gasteiger partial charge in [0.1, 0.15) is 12.4 Å². The Morgan fingerprint density at radius 2 is 1.81 bits per heavy atom. The number of carboxylic acid groups (broad SMARTS) is 1. The zero-order chi connectivity index (χ0) is 15.8. The quantitative estimate of drug-likeness (QED) is 0.770. The fourth-order valence-corrected chi connectivity index (χ4v) is 1.60. The molecule has 0 aromatic heterocycles. The molecule has 114 valence electrons. The van der Waals surface area contributed by atoms with Gasteiger partial charge in [0.05, 0.1) is 0 Å². The third-order valence-corrected chi connectivity index (χ3v) is 2.74. The van der Waals surface area contributed by atoms with Gasteiger partial charge in [-0.3, -0.25) is 9.59 Å². The van der Waals surface area contributed by atoms with E-state index in [4.69, 9.17) is 5.11 Å². The summed E-state index contributed by atoms with van der Waals surface area (Å²) >= 11 is 0. The maximum Gasteiger partial charge on any atom is 0.323 e. The van der Waals surface area contributed by atoms with Gasteiger partial charge in [0.25, 0.3) is 0 Å². The summed E-state index contributed by atoms with van der Waals surface area (Å²) in [6.07, 6.45) is 2.83. The number of halogens is 1. The monoisotopic (exact) mass is 294 g/mol. The van der Waals surface area contributed by atoms with Crippen LogP contribution in [0, 0.1) is 5.82 Å². The molecule has 5 nitrogen and oxygen atoms in total. The lowest BCUT2D eigenvalue weighted by Gasteiger charge is -2.21. The number of amides is 1. The van der Waals surface area contributed by atoms with Crippen LogP contribution in [-0.4, -0.2) is 60.5 Å². The highest BCUT2D eigenvalue weighted by Gasteiger charge is 2.14. The molecule has 0 atom stereocenters. The number of carbonyl (C=O) groups excluding carboxylic acids is 1. The molecule has 0 unspecified atom stereocenters. The Hall–Kier alpha value is -2.21. The second-order valence-corrected chi connectivity index (χ2v) is 4.84. The summed E-state index contributed by atoms with van der Waals surface area (Å²) in [4.78, 5) is 25.9. The van der Waals surface area contributed by atoms with Crippen molar-refractivity contribution < 1.29 is 19.1 Å². The number of aliphatic carboxylic acids is 1. The van der Waals surface area contributed by atoms with Crippen LogP contribution >= 0.6 is 0 Å². The average Bonchev–Trinajstić information content (AvgIpc) is 2.42. The molecule has 0 spiro atoms. The first kappa shape index (κ1) is 16.8. The zero-order valence-corrected chi connectivity index (χ0v) is 12.1. The van der Waals surface area contributed by atoms with E-state index in [1.807, 2.05) is 19.0 Å². The minimum absolute atomic E-state index is 0.325. The van der Waals surface area contributed by atoms with E-state index in [2.05, 4.69) is 0 Å². The van der Waals surface area contributed by atoms with Crippen molar-refractivity contribution in [2.45, 2.75) is 0 Å². The highest BCUT2D eigenvalue weighted by Crippen LogP contribution is 2.05. The average molecular weight is 294 g/mol. The second kappa shape index (κ2) is 8.16. The molecule has 21 heavy (non-hydrogen) atoms. The molecule has 0 aliphatic rings. The first-order valence-corrected chi connectivity index (χ1v) is 6.47. The third kappa shape index (κ3) is 6.67. The second-order valence-electron chi connectivity index (χ2n) is 4.84. The third-order valence-electron chi connectivity index (χ3n) is 2.74. The highest BCUT2D eigenvalue weighted by molar-refractivity contribution is 5.93. The summed E-state index contributed by atoms with van der Waals surface area (Å²) in [6.45, 7) is 0.551. The summed E-state index contributed by atoms with van der Waals surface area (Å²) in [6, 6.07) is 5.68. The summed E-state index contributed by atoms with van der Waals surface area (Å²) < 4.78 is 12.8. The number of likely N-dealkylation sites (N-methyl/N-ethyl adjacent to an activating group) is 1. The normalized spacial score (nSPS) is 11.0. The summed E-state index contributed by atoms with van der Waals surface area (Å²) in [5.74, 6) is -1.79. The molecule has 0 radical (unpaired) electrons. The topological polar surface area (TPSA) is 60.9 Å². The van der Waals surface area contributed by atoms with Crippen molar-refractivity contribution >= 4 is 18.0 Å². The van der Waals surface area contributed by atoms with E-state index in [-0.39, 0.29) is 18.3 Å². The van der Waals surface area contributed by atoms with Crippen molar-refractivity contribution in [3.8, 4) is 0 Å². The minimum atomic E-state index is -1.06. The molecule has 1 amide bonds. The molecule has 0 aliphatic heterocycles. The van der Waals surface area contributed by atoms with E-state index in [1.165, 1.54) is 29.2 Å². The Labute approximate surface area is 123 Å². The number of rotatable bonds is 7. The van der Waals surface area contributed by atoms with Crippen LogP contribution < -0.4 is 0 Å². The van der Waals surface area contributed by atoms with Crippen LogP contribution in [0.1, 0.15) is 5.56 Å². The molecule has 1 aromatic rings. The van der Waals surface area contributed by atoms with Gasteiger partial charge in [0, 0.05) is 19.2 Å². The van der Waals surface area contributed by atoms with Gasteiger partial charge in [-0.2, -0.15) is 0 Å².